The van der Waals surface area contributed by atoms with Gasteiger partial charge in [-0.25, -0.2) is 0 Å². The van der Waals surface area contributed by atoms with Crippen LogP contribution in [0.25, 0.3) is 0 Å². The van der Waals surface area contributed by atoms with E-state index in [2.05, 4.69) is 154 Å². The molecule has 0 heterocycles. The average molecular weight is 1020 g/mol. The van der Waals surface area contributed by atoms with Crippen LogP contribution in [0, 0.1) is 0 Å². The molecule has 0 aliphatic rings. The third-order valence-electron chi connectivity index (χ3n) is 12.4. The maximum absolute atomic E-state index is 12.8. The standard InChI is InChI=1S/C68H110O6/c1-4-7-10-13-16-19-22-25-27-29-30-31-32-33-34-35-36-37-38-40-41-43-46-49-52-55-58-61-67(70)73-64-65(63-72-66(69)60-57-54-51-48-45-24-21-18-15-12-9-6-3)74-68(71)62-59-56-53-50-47-44-42-39-28-26-23-20-17-14-11-8-5-2/h7-8,10-11,16-21,25-28,30-31,33-34,42,44,50,53,65H,4-6,9,12-15,22-24,29,32,35-41,43,45-49,51-52,54-64H2,1-3H3/b10-7-,11-8-,19-16-,20-17-,21-18-,27-25-,28-26-,31-30-,34-33-,44-42-,53-50-. The summed E-state index contributed by atoms with van der Waals surface area (Å²) in [6.45, 7) is 6.33. The smallest absolute Gasteiger partial charge is 0.306 e. The van der Waals surface area contributed by atoms with Gasteiger partial charge in [0.25, 0.3) is 0 Å². The van der Waals surface area contributed by atoms with Crippen LogP contribution in [0.3, 0.4) is 0 Å². The van der Waals surface area contributed by atoms with E-state index in [9.17, 15) is 14.4 Å². The average Bonchev–Trinajstić information content (AvgIpc) is 3.40. The number of esters is 3. The van der Waals surface area contributed by atoms with Crippen molar-refractivity contribution in [3.8, 4) is 0 Å². The van der Waals surface area contributed by atoms with E-state index >= 15 is 0 Å². The summed E-state index contributed by atoms with van der Waals surface area (Å²) < 4.78 is 16.8. The molecule has 1 unspecified atom stereocenters. The maximum Gasteiger partial charge on any atom is 0.306 e. The highest BCUT2D eigenvalue weighted by Gasteiger charge is 2.19. The van der Waals surface area contributed by atoms with Crippen molar-refractivity contribution >= 4 is 17.9 Å². The summed E-state index contributed by atoms with van der Waals surface area (Å²) in [5, 5.41) is 0. The van der Waals surface area contributed by atoms with Gasteiger partial charge < -0.3 is 14.2 Å². The van der Waals surface area contributed by atoms with Crippen molar-refractivity contribution in [2.45, 2.75) is 264 Å². The first-order valence-corrected chi connectivity index (χ1v) is 30.2. The molecule has 0 aromatic rings. The molecule has 1 atom stereocenters. The second kappa shape index (κ2) is 61.1. The summed E-state index contributed by atoms with van der Waals surface area (Å²) >= 11 is 0. The lowest BCUT2D eigenvalue weighted by atomic mass is 10.0. The number of carbonyl (C=O) groups is 3. The molecular weight excluding hydrogens is 913 g/mol. The fourth-order valence-electron chi connectivity index (χ4n) is 7.91. The second-order valence-electron chi connectivity index (χ2n) is 19.5. The molecule has 0 amide bonds. The molecule has 0 saturated carbocycles. The van der Waals surface area contributed by atoms with Gasteiger partial charge >= 0.3 is 17.9 Å². The van der Waals surface area contributed by atoms with Gasteiger partial charge in [-0.3, -0.25) is 14.4 Å². The summed E-state index contributed by atoms with van der Waals surface area (Å²) in [5.41, 5.74) is 0. The van der Waals surface area contributed by atoms with Gasteiger partial charge in [0.05, 0.1) is 0 Å². The molecule has 0 aliphatic heterocycles. The van der Waals surface area contributed by atoms with Crippen LogP contribution in [0.1, 0.15) is 258 Å². The zero-order chi connectivity index (χ0) is 53.6. The van der Waals surface area contributed by atoms with Crippen molar-refractivity contribution in [1.82, 2.24) is 0 Å². The zero-order valence-corrected chi connectivity index (χ0v) is 47.8. The van der Waals surface area contributed by atoms with Gasteiger partial charge in [-0.05, 0) is 128 Å². The molecule has 0 aromatic carbocycles. The highest BCUT2D eigenvalue weighted by atomic mass is 16.6. The minimum absolute atomic E-state index is 0.108. The molecule has 6 nitrogen and oxygen atoms in total. The molecule has 0 spiro atoms. The van der Waals surface area contributed by atoms with Crippen LogP contribution in [0.2, 0.25) is 0 Å². The van der Waals surface area contributed by atoms with E-state index in [1.54, 1.807) is 0 Å². The molecule has 0 fully saturated rings. The van der Waals surface area contributed by atoms with Gasteiger partial charge in [0, 0.05) is 19.3 Å². The second-order valence-corrected chi connectivity index (χ2v) is 19.5. The van der Waals surface area contributed by atoms with Crippen LogP contribution < -0.4 is 0 Å². The molecule has 0 saturated heterocycles. The SMILES string of the molecule is CC/C=C\C/C=C\C/C=C\C/C=C\C/C=C\CCCCCCCCCCCCCC(=O)OCC(COC(=O)CCCCCCC/C=C\CCCCC)OC(=O)CCC/C=C\C/C=C\C/C=C\C/C=C\C/C=C\CC. The highest BCUT2D eigenvalue weighted by molar-refractivity contribution is 5.71. The first kappa shape index (κ1) is 69.5. The van der Waals surface area contributed by atoms with Crippen LogP contribution in [0.5, 0.6) is 0 Å². The monoisotopic (exact) mass is 1020 g/mol. The van der Waals surface area contributed by atoms with E-state index in [0.717, 1.165) is 122 Å². The number of rotatable bonds is 53. The van der Waals surface area contributed by atoms with Gasteiger partial charge in [-0.2, -0.15) is 0 Å². The van der Waals surface area contributed by atoms with Gasteiger partial charge in [0.15, 0.2) is 6.10 Å². The minimum Gasteiger partial charge on any atom is -0.462 e. The van der Waals surface area contributed by atoms with Crippen molar-refractivity contribution < 1.29 is 28.6 Å². The third kappa shape index (κ3) is 58.4. The fraction of sp³-hybridized carbons (Fsp3) is 0.632. The number of carbonyl (C=O) groups excluding carboxylic acids is 3. The molecule has 0 radical (unpaired) electrons. The van der Waals surface area contributed by atoms with E-state index < -0.39 is 6.10 Å². The van der Waals surface area contributed by atoms with Crippen LogP contribution in [0.4, 0.5) is 0 Å². The number of unbranched alkanes of at least 4 members (excludes halogenated alkanes) is 20. The number of ether oxygens (including phenoxy) is 3. The molecule has 0 aromatic heterocycles. The van der Waals surface area contributed by atoms with Gasteiger partial charge in [0.1, 0.15) is 13.2 Å². The van der Waals surface area contributed by atoms with Crippen molar-refractivity contribution in [2.75, 3.05) is 13.2 Å². The quantitative estimate of drug-likeness (QED) is 0.0261. The Labute approximate surface area is 455 Å². The molecule has 6 heteroatoms. The Balaban J connectivity index is 4.37. The molecule has 418 valence electrons. The van der Waals surface area contributed by atoms with Gasteiger partial charge in [-0.15, -0.1) is 0 Å². The molecular formula is C68H110O6. The van der Waals surface area contributed by atoms with Crippen molar-refractivity contribution in [1.29, 1.82) is 0 Å². The van der Waals surface area contributed by atoms with E-state index in [1.165, 1.54) is 89.9 Å². The predicted octanol–water partition coefficient (Wildman–Crippen LogP) is 20.6. The van der Waals surface area contributed by atoms with Gasteiger partial charge in [0.2, 0.25) is 0 Å². The molecule has 0 bridgehead atoms. The number of hydrogen-bond donors (Lipinski definition) is 0. The minimum atomic E-state index is -0.817. The topological polar surface area (TPSA) is 78.9 Å². The van der Waals surface area contributed by atoms with Crippen LogP contribution in [-0.2, 0) is 28.6 Å². The molecule has 74 heavy (non-hydrogen) atoms. The zero-order valence-electron chi connectivity index (χ0n) is 47.8. The largest absolute Gasteiger partial charge is 0.462 e. The Bertz CT molecular complexity index is 1600. The molecule has 0 aliphatic carbocycles. The predicted molar refractivity (Wildman–Crippen MR) is 320 cm³/mol. The Kier molecular flexibility index (Phi) is 57.4. The number of hydrogen-bond acceptors (Lipinski definition) is 6. The summed E-state index contributed by atoms with van der Waals surface area (Å²) in [7, 11) is 0. The lowest BCUT2D eigenvalue weighted by Gasteiger charge is -2.18. The first-order chi connectivity index (χ1) is 36.5. The Hall–Kier alpha value is -4.45. The summed E-state index contributed by atoms with van der Waals surface area (Å²) in [4.78, 5) is 38.2. The van der Waals surface area contributed by atoms with Crippen LogP contribution in [-0.4, -0.2) is 37.2 Å². The summed E-state index contributed by atoms with van der Waals surface area (Å²) in [6, 6.07) is 0. The maximum atomic E-state index is 12.8. The van der Waals surface area contributed by atoms with E-state index in [-0.39, 0.29) is 37.5 Å². The highest BCUT2D eigenvalue weighted by Crippen LogP contribution is 2.15. The Morgan fingerprint density at radius 3 is 0.878 bits per heavy atom. The van der Waals surface area contributed by atoms with E-state index in [4.69, 9.17) is 14.2 Å². The fourth-order valence-corrected chi connectivity index (χ4v) is 7.91. The normalized spacial score (nSPS) is 13.1. The Morgan fingerprint density at radius 1 is 0.284 bits per heavy atom. The van der Waals surface area contributed by atoms with E-state index in [0.29, 0.717) is 19.3 Å². The lowest BCUT2D eigenvalue weighted by molar-refractivity contribution is -0.167. The van der Waals surface area contributed by atoms with E-state index in [1.807, 2.05) is 0 Å². The Morgan fingerprint density at radius 2 is 0.541 bits per heavy atom. The van der Waals surface area contributed by atoms with Crippen LogP contribution >= 0.6 is 0 Å². The third-order valence-corrected chi connectivity index (χ3v) is 12.4. The number of allylic oxidation sites excluding steroid dienone is 22. The van der Waals surface area contributed by atoms with Crippen LogP contribution in [0.15, 0.2) is 134 Å². The van der Waals surface area contributed by atoms with Gasteiger partial charge in [-0.1, -0.05) is 244 Å². The summed E-state index contributed by atoms with van der Waals surface area (Å²) in [5.74, 6) is -0.981. The summed E-state index contributed by atoms with van der Waals surface area (Å²) in [6.07, 6.45) is 86.0. The lowest BCUT2D eigenvalue weighted by Crippen LogP contribution is -2.30. The van der Waals surface area contributed by atoms with Crippen molar-refractivity contribution in [3.05, 3.63) is 134 Å². The first-order valence-electron chi connectivity index (χ1n) is 30.2. The molecule has 0 N–H and O–H groups in total. The van der Waals surface area contributed by atoms with Crippen molar-refractivity contribution in [2.24, 2.45) is 0 Å². The van der Waals surface area contributed by atoms with Crippen molar-refractivity contribution in [3.63, 3.8) is 0 Å². The molecule has 0 rings (SSSR count).